The Morgan fingerprint density at radius 3 is 2.58 bits per heavy atom. The first-order chi connectivity index (χ1) is 12.4. The van der Waals surface area contributed by atoms with E-state index in [0.29, 0.717) is 32.5 Å². The SMILES string of the molecule is Cc1ccc(OCC2(O)CCN(C(=O)Cn3ccnc3C)CC2)cc1C. The van der Waals surface area contributed by atoms with Crippen LogP contribution in [0.4, 0.5) is 0 Å². The molecular weight excluding hydrogens is 330 g/mol. The number of ether oxygens (including phenoxy) is 1. The predicted molar refractivity (Wildman–Crippen MR) is 99.1 cm³/mol. The lowest BCUT2D eigenvalue weighted by Crippen LogP contribution is -2.50. The number of rotatable bonds is 5. The molecule has 1 saturated heterocycles. The molecule has 1 aromatic heterocycles. The number of aromatic nitrogens is 2. The summed E-state index contributed by atoms with van der Waals surface area (Å²) in [5.74, 6) is 1.66. The van der Waals surface area contributed by atoms with Crippen LogP contribution in [-0.4, -0.2) is 50.8 Å². The van der Waals surface area contributed by atoms with Crippen molar-refractivity contribution < 1.29 is 14.6 Å². The first kappa shape index (κ1) is 18.5. The van der Waals surface area contributed by atoms with E-state index in [2.05, 4.69) is 11.9 Å². The van der Waals surface area contributed by atoms with E-state index in [-0.39, 0.29) is 12.5 Å². The Bertz CT molecular complexity index is 776. The van der Waals surface area contributed by atoms with E-state index in [4.69, 9.17) is 4.74 Å². The summed E-state index contributed by atoms with van der Waals surface area (Å²) in [6, 6.07) is 5.94. The molecule has 140 valence electrons. The molecule has 0 saturated carbocycles. The van der Waals surface area contributed by atoms with Gasteiger partial charge in [-0.05, 0) is 56.9 Å². The van der Waals surface area contributed by atoms with Gasteiger partial charge in [-0.25, -0.2) is 4.98 Å². The predicted octanol–water partition coefficient (Wildman–Crippen LogP) is 2.24. The van der Waals surface area contributed by atoms with Gasteiger partial charge in [0, 0.05) is 25.5 Å². The van der Waals surface area contributed by atoms with Crippen LogP contribution in [-0.2, 0) is 11.3 Å². The van der Waals surface area contributed by atoms with E-state index in [1.807, 2.05) is 47.7 Å². The lowest BCUT2D eigenvalue weighted by molar-refractivity contribution is -0.137. The third-order valence-electron chi connectivity index (χ3n) is 5.26. The molecule has 0 spiro atoms. The number of piperidine rings is 1. The van der Waals surface area contributed by atoms with Gasteiger partial charge in [-0.2, -0.15) is 0 Å². The van der Waals surface area contributed by atoms with Gasteiger partial charge in [0.2, 0.25) is 5.91 Å². The average Bonchev–Trinajstić information content (AvgIpc) is 3.01. The number of carbonyl (C=O) groups is 1. The summed E-state index contributed by atoms with van der Waals surface area (Å²) in [4.78, 5) is 18.4. The van der Waals surface area contributed by atoms with Crippen LogP contribution in [0.25, 0.3) is 0 Å². The second-order valence-electron chi connectivity index (χ2n) is 7.24. The molecule has 0 atom stereocenters. The highest BCUT2D eigenvalue weighted by Gasteiger charge is 2.34. The highest BCUT2D eigenvalue weighted by atomic mass is 16.5. The van der Waals surface area contributed by atoms with Crippen molar-refractivity contribution in [1.82, 2.24) is 14.5 Å². The van der Waals surface area contributed by atoms with Crippen molar-refractivity contribution >= 4 is 5.91 Å². The third-order valence-corrected chi connectivity index (χ3v) is 5.26. The van der Waals surface area contributed by atoms with E-state index in [9.17, 15) is 9.90 Å². The maximum Gasteiger partial charge on any atom is 0.242 e. The summed E-state index contributed by atoms with van der Waals surface area (Å²) in [5.41, 5.74) is 1.50. The summed E-state index contributed by atoms with van der Waals surface area (Å²) in [6.07, 6.45) is 4.55. The summed E-state index contributed by atoms with van der Waals surface area (Å²) < 4.78 is 7.65. The minimum Gasteiger partial charge on any atom is -0.491 e. The number of aliphatic hydroxyl groups is 1. The third kappa shape index (κ3) is 4.25. The van der Waals surface area contributed by atoms with Crippen molar-refractivity contribution in [3.05, 3.63) is 47.5 Å². The lowest BCUT2D eigenvalue weighted by atomic mass is 9.92. The molecule has 2 heterocycles. The topological polar surface area (TPSA) is 67.6 Å². The summed E-state index contributed by atoms with van der Waals surface area (Å²) in [6.45, 7) is 7.61. The van der Waals surface area contributed by atoms with Crippen LogP contribution in [0.2, 0.25) is 0 Å². The Morgan fingerprint density at radius 2 is 1.96 bits per heavy atom. The Morgan fingerprint density at radius 1 is 1.23 bits per heavy atom. The molecule has 1 amide bonds. The number of benzene rings is 1. The summed E-state index contributed by atoms with van der Waals surface area (Å²) >= 11 is 0. The van der Waals surface area contributed by atoms with E-state index < -0.39 is 5.60 Å². The van der Waals surface area contributed by atoms with Crippen LogP contribution in [0.1, 0.15) is 29.8 Å². The second kappa shape index (κ2) is 7.50. The van der Waals surface area contributed by atoms with Crippen molar-refractivity contribution in [1.29, 1.82) is 0 Å². The molecule has 6 heteroatoms. The highest BCUT2D eigenvalue weighted by molar-refractivity contribution is 5.76. The zero-order chi connectivity index (χ0) is 18.7. The molecule has 2 aromatic rings. The van der Waals surface area contributed by atoms with Crippen molar-refractivity contribution in [2.75, 3.05) is 19.7 Å². The van der Waals surface area contributed by atoms with Gasteiger partial charge in [0.25, 0.3) is 0 Å². The number of aryl methyl sites for hydroxylation is 3. The molecule has 6 nitrogen and oxygen atoms in total. The van der Waals surface area contributed by atoms with Crippen LogP contribution in [0.15, 0.2) is 30.6 Å². The van der Waals surface area contributed by atoms with Gasteiger partial charge in [0.15, 0.2) is 0 Å². The largest absolute Gasteiger partial charge is 0.491 e. The Labute approximate surface area is 154 Å². The maximum atomic E-state index is 12.4. The van der Waals surface area contributed by atoms with Gasteiger partial charge >= 0.3 is 0 Å². The standard InChI is InChI=1S/C20H27N3O3/c1-15-4-5-18(12-16(15)2)26-14-20(25)6-9-22(10-7-20)19(24)13-23-11-8-21-17(23)3/h4-5,8,11-12,25H,6-7,9-10,13-14H2,1-3H3. The van der Waals surface area contributed by atoms with Gasteiger partial charge in [-0.3, -0.25) is 4.79 Å². The smallest absolute Gasteiger partial charge is 0.242 e. The number of imidazole rings is 1. The normalized spacial score (nSPS) is 16.5. The highest BCUT2D eigenvalue weighted by Crippen LogP contribution is 2.25. The fourth-order valence-electron chi connectivity index (χ4n) is 3.15. The van der Waals surface area contributed by atoms with Crippen LogP contribution in [0.5, 0.6) is 5.75 Å². The maximum absolute atomic E-state index is 12.4. The minimum atomic E-state index is -0.888. The monoisotopic (exact) mass is 357 g/mol. The van der Waals surface area contributed by atoms with Crippen molar-refractivity contribution in [3.63, 3.8) is 0 Å². The van der Waals surface area contributed by atoms with Crippen molar-refractivity contribution in [3.8, 4) is 5.75 Å². The fourth-order valence-corrected chi connectivity index (χ4v) is 3.15. The van der Waals surface area contributed by atoms with E-state index in [1.165, 1.54) is 11.1 Å². The molecule has 0 radical (unpaired) electrons. The van der Waals surface area contributed by atoms with E-state index in [0.717, 1.165) is 11.6 Å². The van der Waals surface area contributed by atoms with Gasteiger partial charge < -0.3 is 19.3 Å². The fraction of sp³-hybridized carbons (Fsp3) is 0.500. The molecule has 1 aromatic carbocycles. The molecule has 0 unspecified atom stereocenters. The number of amides is 1. The van der Waals surface area contributed by atoms with Gasteiger partial charge in [-0.1, -0.05) is 6.07 Å². The number of nitrogens with zero attached hydrogens (tertiary/aromatic N) is 3. The summed E-state index contributed by atoms with van der Waals surface area (Å²) in [7, 11) is 0. The second-order valence-corrected chi connectivity index (χ2v) is 7.24. The first-order valence-electron chi connectivity index (χ1n) is 9.04. The summed E-state index contributed by atoms with van der Waals surface area (Å²) in [5, 5.41) is 10.8. The van der Waals surface area contributed by atoms with E-state index >= 15 is 0 Å². The number of carbonyl (C=O) groups excluding carboxylic acids is 1. The zero-order valence-corrected chi connectivity index (χ0v) is 15.7. The Hall–Kier alpha value is -2.34. The van der Waals surface area contributed by atoms with Crippen LogP contribution in [0, 0.1) is 20.8 Å². The van der Waals surface area contributed by atoms with Crippen LogP contribution in [0.3, 0.4) is 0 Å². The molecule has 1 fully saturated rings. The van der Waals surface area contributed by atoms with Gasteiger partial charge in [-0.15, -0.1) is 0 Å². The van der Waals surface area contributed by atoms with E-state index in [1.54, 1.807) is 6.20 Å². The molecule has 0 bridgehead atoms. The van der Waals surface area contributed by atoms with Crippen molar-refractivity contribution in [2.45, 2.75) is 45.8 Å². The molecule has 0 aliphatic carbocycles. The zero-order valence-electron chi connectivity index (χ0n) is 15.7. The molecule has 1 aliphatic rings. The molecular formula is C20H27N3O3. The van der Waals surface area contributed by atoms with Gasteiger partial charge in [0.05, 0.1) is 0 Å². The van der Waals surface area contributed by atoms with Gasteiger partial charge in [0.1, 0.15) is 30.3 Å². The Kier molecular flexibility index (Phi) is 5.32. The molecule has 26 heavy (non-hydrogen) atoms. The molecule has 3 rings (SSSR count). The van der Waals surface area contributed by atoms with Crippen molar-refractivity contribution in [2.24, 2.45) is 0 Å². The quantitative estimate of drug-likeness (QED) is 0.891. The lowest BCUT2D eigenvalue weighted by Gasteiger charge is -2.38. The van der Waals surface area contributed by atoms with Crippen LogP contribution < -0.4 is 4.74 Å². The number of likely N-dealkylation sites (tertiary alicyclic amines) is 1. The molecule has 1 aliphatic heterocycles. The molecule has 1 N–H and O–H groups in total. The van der Waals surface area contributed by atoms with Crippen LogP contribution >= 0.6 is 0 Å². The number of hydrogen-bond acceptors (Lipinski definition) is 4. The average molecular weight is 357 g/mol. The Balaban J connectivity index is 1.51. The number of hydrogen-bond donors (Lipinski definition) is 1. The first-order valence-corrected chi connectivity index (χ1v) is 9.04. The minimum absolute atomic E-state index is 0.0585.